The summed E-state index contributed by atoms with van der Waals surface area (Å²) in [5.74, 6) is 1.55. The molecule has 1 aliphatic rings. The molecule has 1 aliphatic heterocycles. The molecular weight excluding hydrogens is 290 g/mol. The van der Waals surface area contributed by atoms with Crippen LogP contribution in [0.4, 0.5) is 5.13 Å². The highest BCUT2D eigenvalue weighted by molar-refractivity contribution is 7.85. The highest BCUT2D eigenvalue weighted by Crippen LogP contribution is 2.28. The third kappa shape index (κ3) is 4.27. The van der Waals surface area contributed by atoms with Gasteiger partial charge in [0.2, 0.25) is 0 Å². The van der Waals surface area contributed by atoms with Crippen molar-refractivity contribution in [1.82, 2.24) is 10.3 Å². The highest BCUT2D eigenvalue weighted by atomic mass is 32.2. The molecule has 114 valence electrons. The first-order valence-electron chi connectivity index (χ1n) is 7.22. The summed E-state index contributed by atoms with van der Waals surface area (Å²) in [6.45, 7) is 11.3. The maximum Gasteiger partial charge on any atom is 0.185 e. The van der Waals surface area contributed by atoms with Gasteiger partial charge in [0.1, 0.15) is 0 Å². The average molecular weight is 316 g/mol. The van der Waals surface area contributed by atoms with Crippen molar-refractivity contribution in [2.45, 2.75) is 46.2 Å². The van der Waals surface area contributed by atoms with E-state index in [1.807, 2.05) is 0 Å². The van der Waals surface area contributed by atoms with Crippen molar-refractivity contribution in [2.75, 3.05) is 29.5 Å². The standard InChI is InChI=1S/C14H25N3OS2/c1-5-11-12(10-15-14(2,3)4)19-13(16-11)17-6-8-20(18)9-7-17/h15H,5-10H2,1-4H3. The number of aromatic nitrogens is 1. The van der Waals surface area contributed by atoms with Gasteiger partial charge in [-0.3, -0.25) is 4.21 Å². The van der Waals surface area contributed by atoms with Crippen LogP contribution >= 0.6 is 11.3 Å². The molecule has 0 saturated carbocycles. The molecule has 1 N–H and O–H groups in total. The fourth-order valence-corrected chi connectivity index (χ4v) is 4.29. The van der Waals surface area contributed by atoms with Gasteiger partial charge in [-0.15, -0.1) is 11.3 Å². The minimum atomic E-state index is -0.627. The van der Waals surface area contributed by atoms with Gasteiger partial charge in [0.15, 0.2) is 5.13 Å². The van der Waals surface area contributed by atoms with Crippen LogP contribution < -0.4 is 10.2 Å². The van der Waals surface area contributed by atoms with E-state index in [-0.39, 0.29) is 5.54 Å². The molecule has 0 aromatic carbocycles. The number of aryl methyl sites for hydroxylation is 1. The molecule has 0 radical (unpaired) electrons. The van der Waals surface area contributed by atoms with E-state index in [0.29, 0.717) is 0 Å². The van der Waals surface area contributed by atoms with E-state index in [1.54, 1.807) is 11.3 Å². The normalized spacial score (nSPS) is 17.7. The summed E-state index contributed by atoms with van der Waals surface area (Å²) in [5, 5.41) is 4.64. The number of nitrogens with one attached hydrogen (secondary N) is 1. The van der Waals surface area contributed by atoms with Crippen LogP contribution in [0.1, 0.15) is 38.3 Å². The van der Waals surface area contributed by atoms with Crippen molar-refractivity contribution >= 4 is 27.3 Å². The van der Waals surface area contributed by atoms with Crippen LogP contribution in [0.3, 0.4) is 0 Å². The number of hydrogen-bond donors (Lipinski definition) is 1. The van der Waals surface area contributed by atoms with Gasteiger partial charge in [-0.2, -0.15) is 0 Å². The van der Waals surface area contributed by atoms with E-state index in [1.165, 1.54) is 10.6 Å². The Morgan fingerprint density at radius 1 is 1.35 bits per heavy atom. The van der Waals surface area contributed by atoms with Gasteiger partial charge >= 0.3 is 0 Å². The van der Waals surface area contributed by atoms with Crippen LogP contribution in [0.15, 0.2) is 0 Å². The lowest BCUT2D eigenvalue weighted by Crippen LogP contribution is -2.37. The summed E-state index contributed by atoms with van der Waals surface area (Å²) < 4.78 is 11.4. The predicted molar refractivity (Wildman–Crippen MR) is 88.2 cm³/mol. The first kappa shape index (κ1) is 15.9. The monoisotopic (exact) mass is 315 g/mol. The summed E-state index contributed by atoms with van der Waals surface area (Å²) in [5.41, 5.74) is 1.32. The Kier molecular flexibility index (Phi) is 5.20. The predicted octanol–water partition coefficient (Wildman–Crippen LogP) is 2.16. The van der Waals surface area contributed by atoms with E-state index < -0.39 is 10.8 Å². The molecule has 0 unspecified atom stereocenters. The minimum absolute atomic E-state index is 0.122. The summed E-state index contributed by atoms with van der Waals surface area (Å²) in [4.78, 5) is 8.40. The van der Waals surface area contributed by atoms with E-state index in [2.05, 4.69) is 37.9 Å². The number of anilines is 1. The number of thiazole rings is 1. The van der Waals surface area contributed by atoms with Crippen molar-refractivity contribution in [3.05, 3.63) is 10.6 Å². The molecule has 1 saturated heterocycles. The SMILES string of the molecule is CCc1nc(N2CCS(=O)CC2)sc1CNC(C)(C)C. The van der Waals surface area contributed by atoms with E-state index in [4.69, 9.17) is 4.98 Å². The van der Waals surface area contributed by atoms with Gasteiger partial charge in [0, 0.05) is 52.4 Å². The second-order valence-corrected chi connectivity index (χ2v) is 8.92. The Morgan fingerprint density at radius 2 is 2.00 bits per heavy atom. The van der Waals surface area contributed by atoms with Crippen LogP contribution in [0.5, 0.6) is 0 Å². The van der Waals surface area contributed by atoms with Crippen LogP contribution in [0.25, 0.3) is 0 Å². The maximum atomic E-state index is 11.4. The molecule has 0 spiro atoms. The molecule has 2 rings (SSSR count). The summed E-state index contributed by atoms with van der Waals surface area (Å²) in [7, 11) is -0.627. The molecule has 2 heterocycles. The second kappa shape index (κ2) is 6.54. The Bertz CT molecular complexity index is 469. The van der Waals surface area contributed by atoms with Crippen molar-refractivity contribution < 1.29 is 4.21 Å². The lowest BCUT2D eigenvalue weighted by molar-refractivity contribution is 0.425. The second-order valence-electron chi connectivity index (χ2n) is 6.16. The lowest BCUT2D eigenvalue weighted by Gasteiger charge is -2.25. The Balaban J connectivity index is 2.08. The number of rotatable bonds is 4. The zero-order valence-electron chi connectivity index (χ0n) is 12.9. The van der Waals surface area contributed by atoms with Crippen molar-refractivity contribution in [1.29, 1.82) is 0 Å². The van der Waals surface area contributed by atoms with Crippen LogP contribution in [-0.4, -0.2) is 39.3 Å². The summed E-state index contributed by atoms with van der Waals surface area (Å²) in [6.07, 6.45) is 0.970. The molecular formula is C14H25N3OS2. The molecule has 20 heavy (non-hydrogen) atoms. The number of nitrogens with zero attached hydrogens (tertiary/aromatic N) is 2. The highest BCUT2D eigenvalue weighted by Gasteiger charge is 2.20. The molecule has 6 heteroatoms. The fourth-order valence-electron chi connectivity index (χ4n) is 2.09. The Labute approximate surface area is 128 Å². The lowest BCUT2D eigenvalue weighted by atomic mass is 10.1. The van der Waals surface area contributed by atoms with Gasteiger partial charge < -0.3 is 10.2 Å². The summed E-state index contributed by atoms with van der Waals surface area (Å²) >= 11 is 1.79. The minimum Gasteiger partial charge on any atom is -0.346 e. The first-order chi connectivity index (χ1) is 9.39. The topological polar surface area (TPSA) is 45.2 Å². The molecule has 1 fully saturated rings. The average Bonchev–Trinajstić information content (AvgIpc) is 2.79. The molecule has 1 aromatic heterocycles. The molecule has 0 amide bonds. The van der Waals surface area contributed by atoms with Crippen molar-refractivity contribution in [3.8, 4) is 0 Å². The Morgan fingerprint density at radius 3 is 2.55 bits per heavy atom. The van der Waals surface area contributed by atoms with Gasteiger partial charge in [0.05, 0.1) is 5.69 Å². The molecule has 0 bridgehead atoms. The largest absolute Gasteiger partial charge is 0.346 e. The molecule has 0 atom stereocenters. The zero-order chi connectivity index (χ0) is 14.8. The van der Waals surface area contributed by atoms with Gasteiger partial charge in [-0.05, 0) is 27.2 Å². The quantitative estimate of drug-likeness (QED) is 0.925. The van der Waals surface area contributed by atoms with Gasteiger partial charge in [-0.25, -0.2) is 4.98 Å². The van der Waals surface area contributed by atoms with Gasteiger partial charge in [-0.1, -0.05) is 6.92 Å². The fraction of sp³-hybridized carbons (Fsp3) is 0.786. The van der Waals surface area contributed by atoms with E-state index in [9.17, 15) is 4.21 Å². The molecule has 4 nitrogen and oxygen atoms in total. The van der Waals surface area contributed by atoms with Crippen molar-refractivity contribution in [3.63, 3.8) is 0 Å². The maximum absolute atomic E-state index is 11.4. The van der Waals surface area contributed by atoms with Crippen LogP contribution in [-0.2, 0) is 23.8 Å². The van der Waals surface area contributed by atoms with Gasteiger partial charge in [0.25, 0.3) is 0 Å². The zero-order valence-corrected chi connectivity index (χ0v) is 14.5. The van der Waals surface area contributed by atoms with Crippen molar-refractivity contribution in [2.24, 2.45) is 0 Å². The third-order valence-electron chi connectivity index (χ3n) is 3.33. The summed E-state index contributed by atoms with van der Waals surface area (Å²) in [6, 6.07) is 0. The molecule has 0 aliphatic carbocycles. The van der Waals surface area contributed by atoms with E-state index in [0.717, 1.165) is 42.7 Å². The van der Waals surface area contributed by atoms with E-state index >= 15 is 0 Å². The van der Waals surface area contributed by atoms with Crippen LogP contribution in [0.2, 0.25) is 0 Å². The first-order valence-corrected chi connectivity index (χ1v) is 9.53. The van der Waals surface area contributed by atoms with Crippen LogP contribution in [0, 0.1) is 0 Å². The Hall–Kier alpha value is -0.460. The smallest absolute Gasteiger partial charge is 0.185 e. The molecule has 1 aromatic rings. The number of hydrogen-bond acceptors (Lipinski definition) is 5. The third-order valence-corrected chi connectivity index (χ3v) is 5.76.